The number of hydrogen-bond donors (Lipinski definition) is 1. The van der Waals surface area contributed by atoms with Gasteiger partial charge in [-0.25, -0.2) is 0 Å². The number of thioether (sulfide) groups is 1. The van der Waals surface area contributed by atoms with E-state index in [9.17, 15) is 22.8 Å². The molecule has 12 heteroatoms. The summed E-state index contributed by atoms with van der Waals surface area (Å²) < 4.78 is 46.3. The fourth-order valence-corrected chi connectivity index (χ4v) is 3.78. The molecule has 3 rings (SSSR count). The summed E-state index contributed by atoms with van der Waals surface area (Å²) in [5.41, 5.74) is -1.31. The Balaban J connectivity index is 1.58. The van der Waals surface area contributed by atoms with Crippen LogP contribution in [-0.4, -0.2) is 50.8 Å². The zero-order chi connectivity index (χ0) is 23.3. The normalized spacial score (nSPS) is 11.4. The van der Waals surface area contributed by atoms with Gasteiger partial charge in [-0.1, -0.05) is 23.9 Å². The molecule has 2 aromatic heterocycles. The first kappa shape index (κ1) is 23.4. The molecule has 32 heavy (non-hydrogen) atoms. The SMILES string of the molecule is CCn1c(SCC(=O)N(C)CC(=O)Nc2ccccc2C(F)(F)F)nnc1-c1ccco1. The van der Waals surface area contributed by atoms with Crippen LogP contribution in [0, 0.1) is 0 Å². The Hall–Kier alpha value is -3.28. The number of likely N-dealkylation sites (N-methyl/N-ethyl adjacent to an activating group) is 1. The van der Waals surface area contributed by atoms with Gasteiger partial charge in [0.1, 0.15) is 0 Å². The third-order valence-electron chi connectivity index (χ3n) is 4.41. The lowest BCUT2D eigenvalue weighted by Gasteiger charge is -2.18. The molecule has 2 amide bonds. The number of benzene rings is 1. The molecule has 170 valence electrons. The molecule has 1 N–H and O–H groups in total. The van der Waals surface area contributed by atoms with Crippen molar-refractivity contribution in [2.45, 2.75) is 24.8 Å². The van der Waals surface area contributed by atoms with Crippen LogP contribution in [0.15, 0.2) is 52.2 Å². The standard InChI is InChI=1S/C20H20F3N5O3S/c1-3-28-18(15-9-6-10-31-15)25-26-19(28)32-12-17(30)27(2)11-16(29)24-14-8-5-4-7-13(14)20(21,22)23/h4-10H,3,11-12H2,1-2H3,(H,24,29). The number of carbonyl (C=O) groups excluding carboxylic acids is 2. The Kier molecular flexibility index (Phi) is 7.23. The number of alkyl halides is 3. The average Bonchev–Trinajstić information content (AvgIpc) is 3.40. The average molecular weight is 467 g/mol. The van der Waals surface area contributed by atoms with Gasteiger partial charge < -0.3 is 14.6 Å². The number of carbonyl (C=O) groups is 2. The summed E-state index contributed by atoms with van der Waals surface area (Å²) in [6.07, 6.45) is -3.08. The summed E-state index contributed by atoms with van der Waals surface area (Å²) >= 11 is 1.14. The van der Waals surface area contributed by atoms with Crippen LogP contribution in [0.2, 0.25) is 0 Å². The minimum Gasteiger partial charge on any atom is -0.461 e. The van der Waals surface area contributed by atoms with Crippen LogP contribution in [0.3, 0.4) is 0 Å². The third-order valence-corrected chi connectivity index (χ3v) is 5.36. The predicted octanol–water partition coefficient (Wildman–Crippen LogP) is 3.77. The number of rotatable bonds is 8. The van der Waals surface area contributed by atoms with E-state index in [2.05, 4.69) is 15.5 Å². The van der Waals surface area contributed by atoms with Gasteiger partial charge in [0.25, 0.3) is 0 Å². The fourth-order valence-electron chi connectivity index (χ4n) is 2.84. The van der Waals surface area contributed by atoms with E-state index < -0.39 is 24.2 Å². The van der Waals surface area contributed by atoms with Crippen molar-refractivity contribution in [1.82, 2.24) is 19.7 Å². The molecule has 0 saturated carbocycles. The highest BCUT2D eigenvalue weighted by atomic mass is 32.2. The van der Waals surface area contributed by atoms with Gasteiger partial charge in [-0.15, -0.1) is 10.2 Å². The van der Waals surface area contributed by atoms with Crippen LogP contribution in [0.4, 0.5) is 18.9 Å². The topological polar surface area (TPSA) is 93.3 Å². The molecule has 0 aliphatic heterocycles. The van der Waals surface area contributed by atoms with Crippen LogP contribution in [0.25, 0.3) is 11.6 Å². The number of nitrogens with one attached hydrogen (secondary N) is 1. The quantitative estimate of drug-likeness (QED) is 0.507. The maximum atomic E-state index is 13.1. The first-order valence-electron chi connectivity index (χ1n) is 9.50. The van der Waals surface area contributed by atoms with E-state index in [1.807, 2.05) is 6.92 Å². The van der Waals surface area contributed by atoms with Crippen LogP contribution in [-0.2, 0) is 22.3 Å². The molecule has 0 atom stereocenters. The lowest BCUT2D eigenvalue weighted by Crippen LogP contribution is -2.36. The molecule has 8 nitrogen and oxygen atoms in total. The molecular weight excluding hydrogens is 447 g/mol. The molecule has 0 unspecified atom stereocenters. The Morgan fingerprint density at radius 3 is 2.59 bits per heavy atom. The van der Waals surface area contributed by atoms with Crippen LogP contribution >= 0.6 is 11.8 Å². The number of furan rings is 1. The summed E-state index contributed by atoms with van der Waals surface area (Å²) in [5, 5.41) is 10.9. The molecule has 0 spiro atoms. The van der Waals surface area contributed by atoms with Crippen molar-refractivity contribution in [2.24, 2.45) is 0 Å². The van der Waals surface area contributed by atoms with E-state index in [0.717, 1.165) is 28.8 Å². The van der Waals surface area contributed by atoms with Gasteiger partial charge in [-0.2, -0.15) is 13.2 Å². The van der Waals surface area contributed by atoms with Crippen LogP contribution in [0.5, 0.6) is 0 Å². The van der Waals surface area contributed by atoms with Gasteiger partial charge in [0.15, 0.2) is 16.7 Å². The minimum absolute atomic E-state index is 0.0286. The van der Waals surface area contributed by atoms with Crippen molar-refractivity contribution < 1.29 is 27.2 Å². The van der Waals surface area contributed by atoms with Crippen molar-refractivity contribution in [2.75, 3.05) is 24.7 Å². The van der Waals surface area contributed by atoms with Crippen LogP contribution < -0.4 is 5.32 Å². The van der Waals surface area contributed by atoms with E-state index in [1.165, 1.54) is 25.4 Å². The van der Waals surface area contributed by atoms with E-state index in [1.54, 1.807) is 16.7 Å². The summed E-state index contributed by atoms with van der Waals surface area (Å²) in [7, 11) is 1.40. The lowest BCUT2D eigenvalue weighted by atomic mass is 10.1. The van der Waals surface area contributed by atoms with E-state index >= 15 is 0 Å². The number of nitrogens with zero attached hydrogens (tertiary/aromatic N) is 4. The number of anilines is 1. The Morgan fingerprint density at radius 2 is 1.94 bits per heavy atom. The largest absolute Gasteiger partial charge is 0.461 e. The minimum atomic E-state index is -4.61. The fraction of sp³-hybridized carbons (Fsp3) is 0.300. The maximum Gasteiger partial charge on any atom is 0.418 e. The monoisotopic (exact) mass is 467 g/mol. The molecule has 0 aliphatic rings. The smallest absolute Gasteiger partial charge is 0.418 e. The summed E-state index contributed by atoms with van der Waals surface area (Å²) in [6.45, 7) is 2.05. The Bertz CT molecular complexity index is 1080. The number of amides is 2. The zero-order valence-corrected chi connectivity index (χ0v) is 18.0. The lowest BCUT2D eigenvalue weighted by molar-refractivity contribution is -0.137. The number of halogens is 3. The maximum absolute atomic E-state index is 13.1. The predicted molar refractivity (Wildman–Crippen MR) is 112 cm³/mol. The van der Waals surface area contributed by atoms with E-state index in [-0.39, 0.29) is 17.3 Å². The van der Waals surface area contributed by atoms with Gasteiger partial charge in [0, 0.05) is 13.6 Å². The summed E-state index contributed by atoms with van der Waals surface area (Å²) in [4.78, 5) is 25.8. The highest BCUT2D eigenvalue weighted by Crippen LogP contribution is 2.34. The Labute approximate surface area is 185 Å². The summed E-state index contributed by atoms with van der Waals surface area (Å²) in [6, 6.07) is 8.13. The second kappa shape index (κ2) is 9.90. The third kappa shape index (κ3) is 5.49. The van der Waals surface area contributed by atoms with Crippen molar-refractivity contribution in [1.29, 1.82) is 0 Å². The highest BCUT2D eigenvalue weighted by Gasteiger charge is 2.33. The van der Waals surface area contributed by atoms with Crippen molar-refractivity contribution in [3.63, 3.8) is 0 Å². The van der Waals surface area contributed by atoms with Crippen molar-refractivity contribution in [3.8, 4) is 11.6 Å². The highest BCUT2D eigenvalue weighted by molar-refractivity contribution is 7.99. The molecule has 3 aromatic rings. The first-order chi connectivity index (χ1) is 15.2. The molecule has 0 fully saturated rings. The number of hydrogen-bond acceptors (Lipinski definition) is 6. The second-order valence-corrected chi connectivity index (χ2v) is 7.60. The molecule has 1 aromatic carbocycles. The Morgan fingerprint density at radius 1 is 1.19 bits per heavy atom. The van der Waals surface area contributed by atoms with Crippen LogP contribution in [0.1, 0.15) is 12.5 Å². The van der Waals surface area contributed by atoms with E-state index in [0.29, 0.717) is 23.3 Å². The molecule has 0 radical (unpaired) electrons. The van der Waals surface area contributed by atoms with Gasteiger partial charge in [-0.05, 0) is 31.2 Å². The van der Waals surface area contributed by atoms with Crippen molar-refractivity contribution in [3.05, 3.63) is 48.2 Å². The molecule has 0 bridgehead atoms. The molecule has 2 heterocycles. The van der Waals surface area contributed by atoms with Gasteiger partial charge in [0.05, 0.1) is 29.8 Å². The summed E-state index contributed by atoms with van der Waals surface area (Å²) in [5.74, 6) is -0.0769. The molecule has 0 saturated heterocycles. The zero-order valence-electron chi connectivity index (χ0n) is 17.2. The number of para-hydroxylation sites is 1. The van der Waals surface area contributed by atoms with Gasteiger partial charge >= 0.3 is 6.18 Å². The molecular formula is C20H20F3N5O3S. The van der Waals surface area contributed by atoms with Gasteiger partial charge in [0.2, 0.25) is 11.8 Å². The van der Waals surface area contributed by atoms with Gasteiger partial charge in [-0.3, -0.25) is 14.2 Å². The number of aromatic nitrogens is 3. The first-order valence-corrected chi connectivity index (χ1v) is 10.5. The van der Waals surface area contributed by atoms with Crippen molar-refractivity contribution >= 4 is 29.3 Å². The van der Waals surface area contributed by atoms with E-state index in [4.69, 9.17) is 4.42 Å². The second-order valence-electron chi connectivity index (χ2n) is 6.66. The molecule has 0 aliphatic carbocycles.